The van der Waals surface area contributed by atoms with Gasteiger partial charge in [-0.3, -0.25) is 0 Å². The summed E-state index contributed by atoms with van der Waals surface area (Å²) in [6.45, 7) is 11.6. The molecule has 0 aliphatic rings. The molecule has 0 amide bonds. The summed E-state index contributed by atoms with van der Waals surface area (Å²) in [5.74, 6) is 1.000. The number of rotatable bonds is 3. The minimum atomic E-state index is 0.155. The maximum atomic E-state index is 5.36. The average molecular weight is 221 g/mol. The second-order valence-corrected chi connectivity index (χ2v) is 5.37. The summed E-state index contributed by atoms with van der Waals surface area (Å²) < 4.78 is 5.36. The van der Waals surface area contributed by atoms with Gasteiger partial charge in [-0.05, 0) is 51.3 Å². The standard InChI is InChI=1S/C14H23NO/c1-10-7-12(9-15-14(3,4)5)8-11(2)13(10)16-6/h7-8,15H,9H2,1-6H3. The molecule has 0 unspecified atom stereocenters. The van der Waals surface area contributed by atoms with Crippen molar-refractivity contribution in [2.75, 3.05) is 7.11 Å². The third kappa shape index (κ3) is 3.53. The number of nitrogens with one attached hydrogen (secondary N) is 1. The van der Waals surface area contributed by atoms with E-state index in [1.807, 2.05) is 0 Å². The van der Waals surface area contributed by atoms with Crippen molar-refractivity contribution < 1.29 is 4.74 Å². The molecule has 0 fully saturated rings. The highest BCUT2D eigenvalue weighted by Gasteiger charge is 2.10. The second-order valence-electron chi connectivity index (χ2n) is 5.37. The fourth-order valence-corrected chi connectivity index (χ4v) is 1.83. The zero-order valence-corrected chi connectivity index (χ0v) is 11.3. The van der Waals surface area contributed by atoms with Gasteiger partial charge in [-0.15, -0.1) is 0 Å². The third-order valence-corrected chi connectivity index (χ3v) is 2.55. The van der Waals surface area contributed by atoms with Gasteiger partial charge in [-0.2, -0.15) is 0 Å². The number of methoxy groups -OCH3 is 1. The van der Waals surface area contributed by atoms with Gasteiger partial charge in [-0.1, -0.05) is 12.1 Å². The maximum absolute atomic E-state index is 5.36. The van der Waals surface area contributed by atoms with Gasteiger partial charge >= 0.3 is 0 Å². The molecule has 2 nitrogen and oxygen atoms in total. The molecule has 90 valence electrons. The van der Waals surface area contributed by atoms with E-state index in [1.165, 1.54) is 16.7 Å². The largest absolute Gasteiger partial charge is 0.496 e. The Bertz CT molecular complexity index is 340. The molecule has 1 rings (SSSR count). The van der Waals surface area contributed by atoms with Crippen LogP contribution in [0, 0.1) is 13.8 Å². The molecule has 1 N–H and O–H groups in total. The van der Waals surface area contributed by atoms with Crippen LogP contribution in [-0.4, -0.2) is 12.6 Å². The molecule has 1 aromatic carbocycles. The quantitative estimate of drug-likeness (QED) is 0.846. The first kappa shape index (κ1) is 13.0. The van der Waals surface area contributed by atoms with Gasteiger partial charge in [-0.25, -0.2) is 0 Å². The molecule has 0 saturated heterocycles. The monoisotopic (exact) mass is 221 g/mol. The van der Waals surface area contributed by atoms with Crippen LogP contribution in [0.15, 0.2) is 12.1 Å². The molecule has 16 heavy (non-hydrogen) atoms. The minimum absolute atomic E-state index is 0.155. The van der Waals surface area contributed by atoms with Gasteiger partial charge < -0.3 is 10.1 Å². The van der Waals surface area contributed by atoms with E-state index in [-0.39, 0.29) is 5.54 Å². The summed E-state index contributed by atoms with van der Waals surface area (Å²) in [6.07, 6.45) is 0. The third-order valence-electron chi connectivity index (χ3n) is 2.55. The molecule has 0 aliphatic heterocycles. The van der Waals surface area contributed by atoms with E-state index >= 15 is 0 Å². The van der Waals surface area contributed by atoms with Crippen molar-refractivity contribution in [2.24, 2.45) is 0 Å². The van der Waals surface area contributed by atoms with Gasteiger partial charge in [0.15, 0.2) is 0 Å². The summed E-state index contributed by atoms with van der Waals surface area (Å²) >= 11 is 0. The molecule has 0 heterocycles. The average Bonchev–Trinajstić information content (AvgIpc) is 2.13. The van der Waals surface area contributed by atoms with Crippen LogP contribution in [0.3, 0.4) is 0 Å². The number of hydrogen-bond acceptors (Lipinski definition) is 2. The van der Waals surface area contributed by atoms with Gasteiger partial charge in [0.25, 0.3) is 0 Å². The highest BCUT2D eigenvalue weighted by Crippen LogP contribution is 2.24. The summed E-state index contributed by atoms with van der Waals surface area (Å²) in [5.41, 5.74) is 3.87. The van der Waals surface area contributed by atoms with Crippen LogP contribution in [0.5, 0.6) is 5.75 Å². The lowest BCUT2D eigenvalue weighted by molar-refractivity contribution is 0.407. The Kier molecular flexibility index (Phi) is 3.98. The van der Waals surface area contributed by atoms with Crippen molar-refractivity contribution in [3.63, 3.8) is 0 Å². The zero-order chi connectivity index (χ0) is 12.3. The predicted molar refractivity (Wildman–Crippen MR) is 69.1 cm³/mol. The lowest BCUT2D eigenvalue weighted by atomic mass is 10.0. The van der Waals surface area contributed by atoms with E-state index in [4.69, 9.17) is 4.74 Å². The molecule has 0 spiro atoms. The molecular formula is C14H23NO. The highest BCUT2D eigenvalue weighted by molar-refractivity contribution is 5.43. The molecule has 0 aliphatic carbocycles. The first-order valence-electron chi connectivity index (χ1n) is 5.72. The van der Waals surface area contributed by atoms with Crippen LogP contribution in [0.25, 0.3) is 0 Å². The van der Waals surface area contributed by atoms with Crippen molar-refractivity contribution in [2.45, 2.75) is 46.7 Å². The highest BCUT2D eigenvalue weighted by atomic mass is 16.5. The Morgan fingerprint density at radius 3 is 2.00 bits per heavy atom. The van der Waals surface area contributed by atoms with Crippen molar-refractivity contribution in [1.29, 1.82) is 0 Å². The van der Waals surface area contributed by atoms with Crippen molar-refractivity contribution in [3.8, 4) is 5.75 Å². The number of hydrogen-bond donors (Lipinski definition) is 1. The number of aryl methyl sites for hydroxylation is 2. The van der Waals surface area contributed by atoms with Gasteiger partial charge in [0.1, 0.15) is 5.75 Å². The first-order valence-corrected chi connectivity index (χ1v) is 5.72. The van der Waals surface area contributed by atoms with Crippen LogP contribution < -0.4 is 10.1 Å². The Labute approximate surface area is 99.0 Å². The summed E-state index contributed by atoms with van der Waals surface area (Å²) in [7, 11) is 1.72. The molecular weight excluding hydrogens is 198 g/mol. The fourth-order valence-electron chi connectivity index (χ4n) is 1.83. The molecule has 0 aromatic heterocycles. The van der Waals surface area contributed by atoms with Crippen molar-refractivity contribution >= 4 is 0 Å². The second kappa shape index (κ2) is 4.88. The smallest absolute Gasteiger partial charge is 0.124 e. The van der Waals surface area contributed by atoms with E-state index in [1.54, 1.807) is 7.11 Å². The first-order chi connectivity index (χ1) is 7.33. The summed E-state index contributed by atoms with van der Waals surface area (Å²) in [4.78, 5) is 0. The van der Waals surface area contributed by atoms with Gasteiger partial charge in [0.05, 0.1) is 7.11 Å². The Balaban J connectivity index is 2.84. The van der Waals surface area contributed by atoms with Gasteiger partial charge in [0, 0.05) is 12.1 Å². The number of benzene rings is 1. The van der Waals surface area contributed by atoms with Crippen LogP contribution >= 0.6 is 0 Å². The fraction of sp³-hybridized carbons (Fsp3) is 0.571. The summed E-state index contributed by atoms with van der Waals surface area (Å²) in [6, 6.07) is 4.37. The van der Waals surface area contributed by atoms with Crippen LogP contribution in [-0.2, 0) is 6.54 Å². The Morgan fingerprint density at radius 2 is 1.62 bits per heavy atom. The lowest BCUT2D eigenvalue weighted by Gasteiger charge is -2.21. The van der Waals surface area contributed by atoms with Crippen LogP contribution in [0.1, 0.15) is 37.5 Å². The lowest BCUT2D eigenvalue weighted by Crippen LogP contribution is -2.35. The molecule has 0 saturated carbocycles. The minimum Gasteiger partial charge on any atom is -0.496 e. The van der Waals surface area contributed by atoms with Crippen LogP contribution in [0.2, 0.25) is 0 Å². The van der Waals surface area contributed by atoms with Crippen molar-refractivity contribution in [1.82, 2.24) is 5.32 Å². The molecule has 0 atom stereocenters. The Morgan fingerprint density at radius 1 is 1.12 bits per heavy atom. The summed E-state index contributed by atoms with van der Waals surface area (Å²) in [5, 5.41) is 3.49. The van der Waals surface area contributed by atoms with Crippen LogP contribution in [0.4, 0.5) is 0 Å². The van der Waals surface area contributed by atoms with Gasteiger partial charge in [0.2, 0.25) is 0 Å². The molecule has 0 bridgehead atoms. The molecule has 1 aromatic rings. The number of ether oxygens (including phenoxy) is 1. The topological polar surface area (TPSA) is 21.3 Å². The van der Waals surface area contributed by atoms with Crippen molar-refractivity contribution in [3.05, 3.63) is 28.8 Å². The zero-order valence-electron chi connectivity index (χ0n) is 11.3. The Hall–Kier alpha value is -1.02. The maximum Gasteiger partial charge on any atom is 0.124 e. The molecule has 0 radical (unpaired) electrons. The SMILES string of the molecule is COc1c(C)cc(CNC(C)(C)C)cc1C. The predicted octanol–water partition coefficient (Wildman–Crippen LogP) is 3.20. The van der Waals surface area contributed by atoms with E-state index in [9.17, 15) is 0 Å². The van der Waals surface area contributed by atoms with E-state index < -0.39 is 0 Å². The van der Waals surface area contributed by atoms with E-state index in [0.717, 1.165) is 12.3 Å². The molecule has 2 heteroatoms. The van der Waals surface area contributed by atoms with E-state index in [2.05, 4.69) is 52.1 Å². The van der Waals surface area contributed by atoms with E-state index in [0.29, 0.717) is 0 Å². The normalized spacial score (nSPS) is 11.6.